The summed E-state index contributed by atoms with van der Waals surface area (Å²) in [6.45, 7) is 4.19. The Balaban J connectivity index is 0.00000261. The van der Waals surface area contributed by atoms with E-state index in [-0.39, 0.29) is 30.1 Å². The van der Waals surface area contributed by atoms with Gasteiger partial charge in [-0.15, -0.1) is 17.5 Å². The van der Waals surface area contributed by atoms with Crippen molar-refractivity contribution < 1.29 is 14.6 Å². The first-order chi connectivity index (χ1) is 12.5. The molecule has 1 aliphatic heterocycles. The van der Waals surface area contributed by atoms with Crippen LogP contribution >= 0.6 is 12.4 Å². The van der Waals surface area contributed by atoms with Crippen LogP contribution in [0.3, 0.4) is 0 Å². The molecule has 3 rings (SSSR count). The number of methoxy groups -OCH3 is 1. The summed E-state index contributed by atoms with van der Waals surface area (Å²) in [6, 6.07) is 5.33. The number of ether oxygens (including phenoxy) is 1. The number of nitrogens with zero attached hydrogens (tertiary/aromatic N) is 4. The lowest BCUT2D eigenvalue weighted by Crippen LogP contribution is -2.30. The Labute approximate surface area is 164 Å². The third-order valence-corrected chi connectivity index (χ3v) is 4.80. The predicted octanol–water partition coefficient (Wildman–Crippen LogP) is 1.92. The predicted molar refractivity (Wildman–Crippen MR) is 104 cm³/mol. The highest BCUT2D eigenvalue weighted by atomic mass is 35.5. The molecule has 0 atom stereocenters. The molecular formula is C18H26ClN5O3. The number of hydrogen-bond acceptors (Lipinski definition) is 6. The van der Waals surface area contributed by atoms with Gasteiger partial charge in [-0.25, -0.2) is 4.68 Å². The van der Waals surface area contributed by atoms with Gasteiger partial charge >= 0.3 is 0 Å². The molecular weight excluding hydrogens is 370 g/mol. The average molecular weight is 396 g/mol. The number of phenols is 1. The van der Waals surface area contributed by atoms with E-state index in [0.717, 1.165) is 37.2 Å². The molecule has 0 spiro atoms. The highest BCUT2D eigenvalue weighted by Gasteiger charge is 2.24. The summed E-state index contributed by atoms with van der Waals surface area (Å²) in [5.74, 6) is 0.289. The smallest absolute Gasteiger partial charge is 0.276 e. The lowest BCUT2D eigenvalue weighted by Gasteiger charge is -2.23. The molecule has 8 nitrogen and oxygen atoms in total. The molecule has 2 aromatic rings. The van der Waals surface area contributed by atoms with E-state index in [0.29, 0.717) is 18.0 Å². The SMILES string of the molecule is COc1cc(CN(C)C(=O)c2nnn(C3CCNCC3)c2C)ccc1O.Cl. The number of aromatic hydroxyl groups is 1. The summed E-state index contributed by atoms with van der Waals surface area (Å²) in [5, 5.41) is 21.4. The number of hydrogen-bond donors (Lipinski definition) is 2. The molecule has 1 aromatic carbocycles. The Morgan fingerprint density at radius 1 is 1.41 bits per heavy atom. The Hall–Kier alpha value is -2.32. The maximum absolute atomic E-state index is 12.8. The van der Waals surface area contributed by atoms with Crippen molar-refractivity contribution in [2.24, 2.45) is 0 Å². The Kier molecular flexibility index (Phi) is 7.04. The molecule has 0 radical (unpaired) electrons. The largest absolute Gasteiger partial charge is 0.504 e. The number of benzene rings is 1. The zero-order valence-corrected chi connectivity index (χ0v) is 16.6. The van der Waals surface area contributed by atoms with Crippen molar-refractivity contribution >= 4 is 18.3 Å². The minimum Gasteiger partial charge on any atom is -0.504 e. The van der Waals surface area contributed by atoms with E-state index >= 15 is 0 Å². The summed E-state index contributed by atoms with van der Waals surface area (Å²) in [7, 11) is 3.22. The molecule has 1 aromatic heterocycles. The quantitative estimate of drug-likeness (QED) is 0.803. The maximum Gasteiger partial charge on any atom is 0.276 e. The maximum atomic E-state index is 12.8. The number of piperidine rings is 1. The van der Waals surface area contributed by atoms with Crippen LogP contribution < -0.4 is 10.1 Å². The molecule has 0 aliphatic carbocycles. The van der Waals surface area contributed by atoms with Crippen LogP contribution in [-0.4, -0.2) is 58.2 Å². The van der Waals surface area contributed by atoms with E-state index < -0.39 is 0 Å². The van der Waals surface area contributed by atoms with Crippen molar-refractivity contribution in [1.82, 2.24) is 25.2 Å². The highest BCUT2D eigenvalue weighted by molar-refractivity contribution is 5.93. The van der Waals surface area contributed by atoms with Crippen molar-refractivity contribution in [1.29, 1.82) is 0 Å². The zero-order chi connectivity index (χ0) is 18.7. The molecule has 1 aliphatic rings. The van der Waals surface area contributed by atoms with Crippen molar-refractivity contribution in [2.45, 2.75) is 32.4 Å². The fourth-order valence-electron chi connectivity index (χ4n) is 3.28. The number of amides is 1. The first-order valence-corrected chi connectivity index (χ1v) is 8.75. The number of carbonyl (C=O) groups is 1. The fourth-order valence-corrected chi connectivity index (χ4v) is 3.28. The second kappa shape index (κ2) is 9.05. The van der Waals surface area contributed by atoms with Crippen LogP contribution in [0.25, 0.3) is 0 Å². The van der Waals surface area contributed by atoms with Gasteiger partial charge < -0.3 is 20.1 Å². The summed E-state index contributed by atoms with van der Waals surface area (Å²) < 4.78 is 7.00. The second-order valence-electron chi connectivity index (χ2n) is 6.62. The van der Waals surface area contributed by atoms with Crippen molar-refractivity contribution in [3.05, 3.63) is 35.2 Å². The Morgan fingerprint density at radius 2 is 2.11 bits per heavy atom. The number of phenolic OH excluding ortho intramolecular Hbond substituents is 1. The van der Waals surface area contributed by atoms with Gasteiger partial charge in [0, 0.05) is 13.6 Å². The normalized spacial score (nSPS) is 14.5. The number of nitrogens with one attached hydrogen (secondary N) is 1. The molecule has 148 valence electrons. The zero-order valence-electron chi connectivity index (χ0n) is 15.8. The molecule has 0 saturated carbocycles. The van der Waals surface area contributed by atoms with Crippen LogP contribution in [-0.2, 0) is 6.54 Å². The topological polar surface area (TPSA) is 92.5 Å². The molecule has 27 heavy (non-hydrogen) atoms. The van der Waals surface area contributed by atoms with Gasteiger partial charge in [0.15, 0.2) is 17.2 Å². The monoisotopic (exact) mass is 395 g/mol. The first kappa shape index (κ1) is 21.0. The van der Waals surface area contributed by atoms with Crippen LogP contribution in [0.4, 0.5) is 0 Å². The molecule has 1 saturated heterocycles. The van der Waals surface area contributed by atoms with E-state index in [1.54, 1.807) is 30.1 Å². The van der Waals surface area contributed by atoms with Gasteiger partial charge in [-0.2, -0.15) is 0 Å². The Morgan fingerprint density at radius 3 is 2.78 bits per heavy atom. The summed E-state index contributed by atoms with van der Waals surface area (Å²) in [6.07, 6.45) is 1.97. The van der Waals surface area contributed by atoms with Crippen LogP contribution in [0.1, 0.15) is 40.6 Å². The lowest BCUT2D eigenvalue weighted by molar-refractivity contribution is 0.0778. The van der Waals surface area contributed by atoms with Crippen LogP contribution in [0, 0.1) is 6.92 Å². The third-order valence-electron chi connectivity index (χ3n) is 4.80. The number of carbonyl (C=O) groups excluding carboxylic acids is 1. The molecule has 9 heteroatoms. The minimum absolute atomic E-state index is 0. The molecule has 1 fully saturated rings. The van der Waals surface area contributed by atoms with Crippen LogP contribution in [0.2, 0.25) is 0 Å². The average Bonchev–Trinajstić information content (AvgIpc) is 3.04. The van der Waals surface area contributed by atoms with Crippen molar-refractivity contribution in [3.63, 3.8) is 0 Å². The molecule has 0 bridgehead atoms. The van der Waals surface area contributed by atoms with E-state index in [9.17, 15) is 9.90 Å². The highest BCUT2D eigenvalue weighted by Crippen LogP contribution is 2.27. The number of aromatic nitrogens is 3. The van der Waals surface area contributed by atoms with Crippen LogP contribution in [0.15, 0.2) is 18.2 Å². The van der Waals surface area contributed by atoms with Gasteiger partial charge in [-0.1, -0.05) is 11.3 Å². The standard InChI is InChI=1S/C18H25N5O3.ClH/c1-12-17(20-21-23(12)14-6-8-19-9-7-14)18(25)22(2)11-13-4-5-15(24)16(10-13)26-3;/h4-5,10,14,19,24H,6-9,11H2,1-3H3;1H. The van der Waals surface area contributed by atoms with Gasteiger partial charge in [-0.3, -0.25) is 4.79 Å². The number of halogens is 1. The minimum atomic E-state index is -0.172. The van der Waals surface area contributed by atoms with Gasteiger partial charge in [0.05, 0.1) is 18.8 Å². The molecule has 1 amide bonds. The molecule has 0 unspecified atom stereocenters. The third kappa shape index (κ3) is 4.51. The lowest BCUT2D eigenvalue weighted by atomic mass is 10.1. The van der Waals surface area contributed by atoms with Crippen molar-refractivity contribution in [2.75, 3.05) is 27.2 Å². The van der Waals surface area contributed by atoms with E-state index in [4.69, 9.17) is 4.74 Å². The second-order valence-corrected chi connectivity index (χ2v) is 6.62. The van der Waals surface area contributed by atoms with Gasteiger partial charge in [-0.05, 0) is 50.6 Å². The van der Waals surface area contributed by atoms with Crippen molar-refractivity contribution in [3.8, 4) is 11.5 Å². The fraction of sp³-hybridized carbons (Fsp3) is 0.500. The van der Waals surface area contributed by atoms with E-state index in [2.05, 4.69) is 15.6 Å². The Bertz CT molecular complexity index is 789. The van der Waals surface area contributed by atoms with E-state index in [1.165, 1.54) is 7.11 Å². The summed E-state index contributed by atoms with van der Waals surface area (Å²) in [4.78, 5) is 14.4. The van der Waals surface area contributed by atoms with Crippen LogP contribution in [0.5, 0.6) is 11.5 Å². The summed E-state index contributed by atoms with van der Waals surface area (Å²) in [5.41, 5.74) is 2.05. The first-order valence-electron chi connectivity index (χ1n) is 8.75. The summed E-state index contributed by atoms with van der Waals surface area (Å²) >= 11 is 0. The number of rotatable bonds is 5. The molecule has 2 heterocycles. The van der Waals surface area contributed by atoms with Gasteiger partial charge in [0.1, 0.15) is 0 Å². The molecule has 2 N–H and O–H groups in total. The van der Waals surface area contributed by atoms with Gasteiger partial charge in [0.2, 0.25) is 0 Å². The van der Waals surface area contributed by atoms with E-state index in [1.807, 2.05) is 11.6 Å². The van der Waals surface area contributed by atoms with Gasteiger partial charge in [0.25, 0.3) is 5.91 Å².